The Kier molecular flexibility index (Phi) is 27.0. The predicted octanol–water partition coefficient (Wildman–Crippen LogP) is 14.1. The van der Waals surface area contributed by atoms with E-state index in [4.69, 9.17) is 18.9 Å². The van der Waals surface area contributed by atoms with Crippen LogP contribution in [0.5, 0.6) is 11.8 Å². The molecule has 0 radical (unpaired) electrons. The predicted molar refractivity (Wildman–Crippen MR) is 403 cm³/mol. The molecule has 0 bridgehead atoms. The fourth-order valence-electron chi connectivity index (χ4n) is 8.54. The van der Waals surface area contributed by atoms with Crippen molar-refractivity contribution in [2.45, 2.75) is 161 Å². The Morgan fingerprint density at radius 1 is 0.358 bits per heavy atom. The van der Waals surface area contributed by atoms with E-state index >= 15 is 0 Å². The van der Waals surface area contributed by atoms with Gasteiger partial charge in [0, 0.05) is 96.0 Å². The van der Waals surface area contributed by atoms with E-state index < -0.39 is 40.1 Å². The monoisotopic (exact) mass is 1450 g/mol. The van der Waals surface area contributed by atoms with Gasteiger partial charge in [0.25, 0.3) is 11.9 Å². The summed E-state index contributed by atoms with van der Waals surface area (Å²) in [6.45, 7) is 33.7. The number of aromatic nitrogens is 12. The van der Waals surface area contributed by atoms with Crippen LogP contribution in [-0.4, -0.2) is 121 Å². The average Bonchev–Trinajstić information content (AvgIpc) is 0.799. The van der Waals surface area contributed by atoms with E-state index in [0.717, 1.165) is 22.4 Å². The van der Waals surface area contributed by atoms with Gasteiger partial charge in [0.05, 0.1) is 5.69 Å². The van der Waals surface area contributed by atoms with Crippen LogP contribution in [0.25, 0.3) is 34.2 Å². The molecule has 0 aliphatic heterocycles. The lowest BCUT2D eigenvalue weighted by molar-refractivity contribution is -0.123. The molecular formula is C76H94N20O10. The standard InChI is InChI=1S/C26H33N7O3.C25H31N7O3.C25H30N6O4/c1-25(2,3)22(34)27-19-14-12-17(13-15-19)21-29-31-23(32-30-21)33(7)20-11-9-8-10-18(20)16-36-24(35)28-26(4,5)6;1-24(2,3)21(33)26-18-13-11-16(12-14-18)20-29-31-22(32-30-20)27-19-10-8-7-9-17(19)15-35-23(34)28-25(4,5)6;1-24(2,3)21(32)26-18-13-11-16(12-14-18)20-28-30-22(31-29-20)35-19-10-8-7-9-17(19)15-34-23(33)27-25(4,5)6/h8-15H,16H2,1-7H3,(H,27,34)(H,28,35);7-14H,15H2,1-6H3,(H,26,33)(H,28,34)(H,27,31,32);7-14H,15H2,1-6H3,(H,26,32)(H,27,33). The molecule has 7 N–H and O–H groups in total. The van der Waals surface area contributed by atoms with Gasteiger partial charge in [-0.2, -0.15) is 0 Å². The molecule has 0 spiro atoms. The molecule has 0 fully saturated rings. The Labute approximate surface area is 617 Å². The number of amides is 6. The van der Waals surface area contributed by atoms with Gasteiger partial charge in [-0.3, -0.25) is 14.4 Å². The van der Waals surface area contributed by atoms with Crippen LogP contribution in [0, 0.1) is 16.2 Å². The molecular weight excluding hydrogens is 1350 g/mol. The van der Waals surface area contributed by atoms with Crippen LogP contribution >= 0.6 is 0 Å². The third kappa shape index (κ3) is 26.5. The molecule has 558 valence electrons. The summed E-state index contributed by atoms with van der Waals surface area (Å²) in [5.74, 6) is 1.72. The van der Waals surface area contributed by atoms with Gasteiger partial charge in [0.2, 0.25) is 35.2 Å². The number of nitrogens with zero attached hydrogens (tertiary/aromatic N) is 13. The van der Waals surface area contributed by atoms with Crippen molar-refractivity contribution in [3.63, 3.8) is 0 Å². The van der Waals surface area contributed by atoms with E-state index in [1.54, 1.807) is 109 Å². The van der Waals surface area contributed by atoms with Gasteiger partial charge in [-0.25, -0.2) is 14.4 Å². The number of para-hydroxylation sites is 3. The molecule has 0 atom stereocenters. The number of alkyl carbamates (subject to hydrolysis) is 3. The lowest BCUT2D eigenvalue weighted by atomic mass is 9.95. The molecule has 9 rings (SSSR count). The Hall–Kier alpha value is -12.2. The van der Waals surface area contributed by atoms with Crippen LogP contribution in [0.3, 0.4) is 0 Å². The lowest BCUT2D eigenvalue weighted by Gasteiger charge is -2.22. The van der Waals surface area contributed by atoms with Crippen LogP contribution in [0.15, 0.2) is 146 Å². The minimum Gasteiger partial charge on any atom is -0.445 e. The van der Waals surface area contributed by atoms with Gasteiger partial charge in [0.1, 0.15) is 25.6 Å². The molecule has 0 saturated heterocycles. The maximum absolute atomic E-state index is 12.2. The van der Waals surface area contributed by atoms with Gasteiger partial charge >= 0.3 is 24.3 Å². The molecule has 3 aromatic heterocycles. The summed E-state index contributed by atoms with van der Waals surface area (Å²) in [4.78, 5) is 74.2. The second-order valence-corrected chi connectivity index (χ2v) is 30.5. The number of hydrogen-bond donors (Lipinski definition) is 7. The van der Waals surface area contributed by atoms with Crippen molar-refractivity contribution in [3.05, 3.63) is 162 Å². The zero-order chi connectivity index (χ0) is 77.8. The molecule has 30 nitrogen and oxygen atoms in total. The molecule has 9 aromatic rings. The summed E-state index contributed by atoms with van der Waals surface area (Å²) < 4.78 is 21.7. The molecule has 0 aliphatic carbocycles. The number of nitrogens with one attached hydrogen (secondary N) is 7. The Bertz CT molecular complexity index is 4240. The van der Waals surface area contributed by atoms with Crippen LogP contribution in [0.2, 0.25) is 0 Å². The third-order valence-electron chi connectivity index (χ3n) is 14.3. The van der Waals surface area contributed by atoms with Crippen molar-refractivity contribution in [2.24, 2.45) is 16.2 Å². The topological polar surface area (TPSA) is 381 Å². The van der Waals surface area contributed by atoms with E-state index in [0.29, 0.717) is 68.6 Å². The second-order valence-electron chi connectivity index (χ2n) is 30.5. The Morgan fingerprint density at radius 3 is 1.07 bits per heavy atom. The minimum atomic E-state index is -0.528. The zero-order valence-corrected chi connectivity index (χ0v) is 63.4. The summed E-state index contributed by atoms with van der Waals surface area (Å²) in [6, 6.07) is 43.2. The first-order valence-corrected chi connectivity index (χ1v) is 33.9. The van der Waals surface area contributed by atoms with Gasteiger partial charge < -0.3 is 61.1 Å². The second kappa shape index (κ2) is 35.3. The largest absolute Gasteiger partial charge is 0.445 e. The van der Waals surface area contributed by atoms with Crippen LogP contribution < -0.4 is 46.9 Å². The zero-order valence-electron chi connectivity index (χ0n) is 63.4. The average molecular weight is 1450 g/mol. The smallest absolute Gasteiger partial charge is 0.407 e. The maximum atomic E-state index is 12.2. The first-order chi connectivity index (χ1) is 49.6. The Balaban J connectivity index is 0.000000222. The summed E-state index contributed by atoms with van der Waals surface area (Å²) in [5, 5.41) is 69.6. The molecule has 3 heterocycles. The van der Waals surface area contributed by atoms with E-state index in [1.165, 1.54) is 0 Å². The first kappa shape index (κ1) is 81.1. The summed E-state index contributed by atoms with van der Waals surface area (Å²) in [5.41, 5.74) is 5.12. The fraction of sp³-hybridized carbons (Fsp3) is 0.368. The molecule has 6 aromatic carbocycles. The van der Waals surface area contributed by atoms with Crippen molar-refractivity contribution in [1.29, 1.82) is 0 Å². The number of rotatable bonds is 18. The highest BCUT2D eigenvalue weighted by Crippen LogP contribution is 2.29. The van der Waals surface area contributed by atoms with Crippen LogP contribution in [0.4, 0.5) is 54.7 Å². The summed E-state index contributed by atoms with van der Waals surface area (Å²) in [7, 11) is 1.79. The van der Waals surface area contributed by atoms with Crippen molar-refractivity contribution >= 4 is 76.3 Å². The number of carbonyl (C=O) groups is 6. The SMILES string of the molecule is CC(C)(C)NC(=O)OCc1ccccc1Nc1nnc(-c2ccc(NC(=O)C(C)(C)C)cc2)nn1.CC(C)(C)NC(=O)OCc1ccccc1Oc1nnc(-c2ccc(NC(=O)C(C)(C)C)cc2)nn1.CN(c1nnc(-c2ccc(NC(=O)C(C)(C)C)cc2)nn1)c1ccccc1COC(=O)NC(C)(C)C. The highest BCUT2D eigenvalue weighted by molar-refractivity contribution is 5.96. The highest BCUT2D eigenvalue weighted by atomic mass is 16.6. The third-order valence-corrected chi connectivity index (χ3v) is 14.3. The van der Waals surface area contributed by atoms with Crippen molar-refractivity contribution in [2.75, 3.05) is 33.2 Å². The van der Waals surface area contributed by atoms with Crippen LogP contribution in [0.1, 0.15) is 141 Å². The van der Waals surface area contributed by atoms with Crippen molar-refractivity contribution in [1.82, 2.24) is 77.1 Å². The fourth-order valence-corrected chi connectivity index (χ4v) is 8.54. The molecule has 0 aliphatic rings. The maximum Gasteiger partial charge on any atom is 0.407 e. The number of anilines is 7. The first-order valence-electron chi connectivity index (χ1n) is 33.9. The molecule has 0 saturated carbocycles. The van der Waals surface area contributed by atoms with Crippen LogP contribution in [-0.2, 0) is 48.4 Å². The van der Waals surface area contributed by atoms with Gasteiger partial charge in [0.15, 0.2) is 0 Å². The normalized spacial score (nSPS) is 11.5. The lowest BCUT2D eigenvalue weighted by Crippen LogP contribution is -2.40. The number of hydrogen-bond acceptors (Lipinski definition) is 24. The van der Waals surface area contributed by atoms with Gasteiger partial charge in [-0.15, -0.1) is 51.0 Å². The molecule has 106 heavy (non-hydrogen) atoms. The molecule has 0 unspecified atom stereocenters. The number of carbonyl (C=O) groups excluding carboxylic acids is 6. The van der Waals surface area contributed by atoms with Crippen molar-refractivity contribution in [3.8, 4) is 45.9 Å². The highest BCUT2D eigenvalue weighted by Gasteiger charge is 2.26. The van der Waals surface area contributed by atoms with E-state index in [1.807, 2.05) is 173 Å². The van der Waals surface area contributed by atoms with E-state index in [-0.39, 0.29) is 60.6 Å². The number of benzene rings is 6. The summed E-state index contributed by atoms with van der Waals surface area (Å²) in [6.07, 6.45) is -1.52. The molecule has 30 heteroatoms. The molecule has 6 amide bonds. The minimum absolute atomic E-state index is 0.00906. The number of ether oxygens (including phenoxy) is 4. The quantitative estimate of drug-likeness (QED) is 0.0392. The van der Waals surface area contributed by atoms with E-state index in [9.17, 15) is 28.8 Å². The summed E-state index contributed by atoms with van der Waals surface area (Å²) >= 11 is 0. The Morgan fingerprint density at radius 2 is 0.679 bits per heavy atom. The van der Waals surface area contributed by atoms with Crippen molar-refractivity contribution < 1.29 is 47.7 Å². The van der Waals surface area contributed by atoms with Gasteiger partial charge in [-0.05, 0) is 153 Å². The van der Waals surface area contributed by atoms with Gasteiger partial charge in [-0.1, -0.05) is 127 Å². The van der Waals surface area contributed by atoms with E-state index in [2.05, 4.69) is 98.4 Å².